The third-order valence-corrected chi connectivity index (χ3v) is 6.45. The van der Waals surface area contributed by atoms with Crippen LogP contribution in [-0.2, 0) is 12.8 Å². The Morgan fingerprint density at radius 3 is 2.56 bits per heavy atom. The van der Waals surface area contributed by atoms with Crippen LogP contribution in [0.25, 0.3) is 11.3 Å². The maximum atomic E-state index is 6.45. The van der Waals surface area contributed by atoms with Crippen molar-refractivity contribution in [1.82, 2.24) is 15.3 Å². The third-order valence-electron chi connectivity index (χ3n) is 6.04. The van der Waals surface area contributed by atoms with Gasteiger partial charge in [-0.2, -0.15) is 0 Å². The van der Waals surface area contributed by atoms with E-state index < -0.39 is 0 Å². The highest BCUT2D eigenvalue weighted by Gasteiger charge is 2.29. The zero-order chi connectivity index (χ0) is 19.0. The van der Waals surface area contributed by atoms with Gasteiger partial charge >= 0.3 is 0 Å². The molecule has 1 fully saturated rings. The van der Waals surface area contributed by atoms with Crippen LogP contribution in [0.1, 0.15) is 49.9 Å². The first kappa shape index (κ1) is 18.7. The van der Waals surface area contributed by atoms with Crippen LogP contribution >= 0.6 is 11.6 Å². The number of hydrogen-bond acceptors (Lipinski definition) is 4. The van der Waals surface area contributed by atoms with Gasteiger partial charge in [-0.15, -0.1) is 0 Å². The van der Waals surface area contributed by atoms with Crippen molar-refractivity contribution in [2.24, 2.45) is 0 Å². The number of benzene rings is 1. The molecule has 2 aliphatic heterocycles. The van der Waals surface area contributed by atoms with Crippen LogP contribution in [0.5, 0.6) is 0 Å². The van der Waals surface area contributed by atoms with Gasteiger partial charge in [-0.1, -0.05) is 23.7 Å². The molecular formula is C22H29ClN4. The molecule has 4 nitrogen and oxygen atoms in total. The molecule has 4 rings (SSSR count). The van der Waals surface area contributed by atoms with E-state index in [4.69, 9.17) is 21.6 Å². The lowest BCUT2D eigenvalue weighted by Crippen LogP contribution is -2.45. The van der Waals surface area contributed by atoms with E-state index in [1.165, 1.54) is 30.5 Å². The number of aryl methyl sites for hydroxylation is 1. The van der Waals surface area contributed by atoms with Crippen LogP contribution < -0.4 is 10.2 Å². The molecule has 0 spiro atoms. The highest BCUT2D eigenvalue weighted by atomic mass is 35.5. The van der Waals surface area contributed by atoms with E-state index in [0.717, 1.165) is 53.7 Å². The number of hydrogen-bond donors (Lipinski definition) is 1. The fourth-order valence-electron chi connectivity index (χ4n) is 4.44. The van der Waals surface area contributed by atoms with Crippen LogP contribution in [0.15, 0.2) is 18.2 Å². The number of aromatic nitrogens is 2. The molecule has 2 aromatic rings. The lowest BCUT2D eigenvalue weighted by atomic mass is 9.97. The Morgan fingerprint density at radius 2 is 1.81 bits per heavy atom. The van der Waals surface area contributed by atoms with Gasteiger partial charge in [0.2, 0.25) is 5.95 Å². The SMILES string of the molecule is Cc1ccc(-c2nc(N3C(C)CCCC3C)nc3c2CCNCC3)cc1Cl. The molecule has 2 atom stereocenters. The van der Waals surface area contributed by atoms with Gasteiger partial charge in [-0.05, 0) is 64.6 Å². The maximum absolute atomic E-state index is 6.45. The number of nitrogens with zero attached hydrogens (tertiary/aromatic N) is 3. The van der Waals surface area contributed by atoms with Gasteiger partial charge in [0.05, 0.1) is 11.4 Å². The molecule has 5 heteroatoms. The largest absolute Gasteiger partial charge is 0.335 e. The Kier molecular flexibility index (Phi) is 5.38. The van der Waals surface area contributed by atoms with E-state index in [9.17, 15) is 0 Å². The van der Waals surface area contributed by atoms with Gasteiger partial charge in [0, 0.05) is 41.2 Å². The third kappa shape index (κ3) is 3.70. The van der Waals surface area contributed by atoms with Crippen molar-refractivity contribution in [3.8, 4) is 11.3 Å². The highest BCUT2D eigenvalue weighted by molar-refractivity contribution is 6.31. The van der Waals surface area contributed by atoms with E-state index in [2.05, 4.69) is 42.3 Å². The minimum absolute atomic E-state index is 0.477. The summed E-state index contributed by atoms with van der Waals surface area (Å²) in [4.78, 5) is 12.6. The average molecular weight is 385 g/mol. The van der Waals surface area contributed by atoms with Gasteiger partial charge < -0.3 is 10.2 Å². The van der Waals surface area contributed by atoms with Crippen LogP contribution in [-0.4, -0.2) is 35.1 Å². The van der Waals surface area contributed by atoms with Gasteiger partial charge in [-0.25, -0.2) is 9.97 Å². The van der Waals surface area contributed by atoms with E-state index in [1.807, 2.05) is 6.92 Å². The molecular weight excluding hydrogens is 356 g/mol. The average Bonchev–Trinajstić information content (AvgIpc) is 2.89. The van der Waals surface area contributed by atoms with Crippen molar-refractivity contribution in [2.45, 2.75) is 65.0 Å². The molecule has 2 unspecified atom stereocenters. The lowest BCUT2D eigenvalue weighted by Gasteiger charge is -2.39. The molecule has 1 aromatic carbocycles. The topological polar surface area (TPSA) is 41.1 Å². The number of rotatable bonds is 2. The van der Waals surface area contributed by atoms with Crippen LogP contribution in [0.3, 0.4) is 0 Å². The van der Waals surface area contributed by atoms with E-state index in [0.29, 0.717) is 12.1 Å². The second kappa shape index (κ2) is 7.76. The van der Waals surface area contributed by atoms with E-state index in [-0.39, 0.29) is 0 Å². The fourth-order valence-corrected chi connectivity index (χ4v) is 4.62. The Hall–Kier alpha value is -1.65. The summed E-state index contributed by atoms with van der Waals surface area (Å²) in [5.74, 6) is 0.891. The summed E-state index contributed by atoms with van der Waals surface area (Å²) in [6.45, 7) is 8.59. The Labute approximate surface area is 167 Å². The summed E-state index contributed by atoms with van der Waals surface area (Å²) in [5.41, 5.74) is 5.73. The van der Waals surface area contributed by atoms with Crippen molar-refractivity contribution in [1.29, 1.82) is 0 Å². The van der Waals surface area contributed by atoms with Crippen molar-refractivity contribution < 1.29 is 0 Å². The van der Waals surface area contributed by atoms with Crippen LogP contribution in [0, 0.1) is 6.92 Å². The normalized spacial score (nSPS) is 23.0. The maximum Gasteiger partial charge on any atom is 0.226 e. The molecule has 0 aliphatic carbocycles. The summed E-state index contributed by atoms with van der Waals surface area (Å²) >= 11 is 6.45. The Balaban J connectivity index is 1.86. The number of piperidine rings is 1. The van der Waals surface area contributed by atoms with Crippen molar-refractivity contribution >= 4 is 17.5 Å². The molecule has 144 valence electrons. The summed E-state index contributed by atoms with van der Waals surface area (Å²) in [7, 11) is 0. The zero-order valence-corrected chi connectivity index (χ0v) is 17.3. The predicted molar refractivity (Wildman–Crippen MR) is 113 cm³/mol. The van der Waals surface area contributed by atoms with Gasteiger partial charge in [0.1, 0.15) is 0 Å². The number of anilines is 1. The quantitative estimate of drug-likeness (QED) is 0.823. The highest BCUT2D eigenvalue weighted by Crippen LogP contribution is 2.33. The lowest BCUT2D eigenvalue weighted by molar-refractivity contribution is 0.407. The second-order valence-electron chi connectivity index (χ2n) is 8.05. The summed E-state index contributed by atoms with van der Waals surface area (Å²) in [6.07, 6.45) is 5.61. The van der Waals surface area contributed by atoms with Crippen molar-refractivity contribution in [3.63, 3.8) is 0 Å². The van der Waals surface area contributed by atoms with Crippen molar-refractivity contribution in [3.05, 3.63) is 40.0 Å². The Bertz CT molecular complexity index is 825. The summed E-state index contributed by atoms with van der Waals surface area (Å²) in [6, 6.07) is 7.25. The molecule has 2 aliphatic rings. The minimum atomic E-state index is 0.477. The van der Waals surface area contributed by atoms with E-state index >= 15 is 0 Å². The fraction of sp³-hybridized carbons (Fsp3) is 0.545. The molecule has 3 heterocycles. The van der Waals surface area contributed by atoms with Crippen molar-refractivity contribution in [2.75, 3.05) is 18.0 Å². The monoisotopic (exact) mass is 384 g/mol. The standard InChI is InChI=1S/C22H29ClN4/c1-14-7-8-17(13-19(14)23)21-18-9-11-24-12-10-20(18)25-22(26-21)27-15(2)5-4-6-16(27)3/h7-8,13,15-16,24H,4-6,9-12H2,1-3H3. The molecule has 0 saturated carbocycles. The van der Waals surface area contributed by atoms with Crippen LogP contribution in [0.2, 0.25) is 5.02 Å². The first-order chi connectivity index (χ1) is 13.0. The van der Waals surface area contributed by atoms with E-state index in [1.54, 1.807) is 0 Å². The summed E-state index contributed by atoms with van der Waals surface area (Å²) in [5, 5.41) is 4.30. The molecule has 1 N–H and O–H groups in total. The molecule has 1 aromatic heterocycles. The van der Waals surface area contributed by atoms with Gasteiger partial charge in [0.25, 0.3) is 0 Å². The smallest absolute Gasteiger partial charge is 0.226 e. The molecule has 1 saturated heterocycles. The molecule has 0 radical (unpaired) electrons. The number of fused-ring (bicyclic) bond motifs is 1. The molecule has 0 bridgehead atoms. The number of halogens is 1. The summed E-state index contributed by atoms with van der Waals surface area (Å²) < 4.78 is 0. The Morgan fingerprint density at radius 1 is 1.07 bits per heavy atom. The molecule has 27 heavy (non-hydrogen) atoms. The first-order valence-electron chi connectivity index (χ1n) is 10.2. The molecule has 0 amide bonds. The van der Waals surface area contributed by atoms with Gasteiger partial charge in [0.15, 0.2) is 0 Å². The van der Waals surface area contributed by atoms with Crippen LogP contribution in [0.4, 0.5) is 5.95 Å². The minimum Gasteiger partial charge on any atom is -0.335 e. The second-order valence-corrected chi connectivity index (χ2v) is 8.45. The predicted octanol–water partition coefficient (Wildman–Crippen LogP) is 4.56. The van der Waals surface area contributed by atoms with Gasteiger partial charge in [-0.3, -0.25) is 0 Å². The zero-order valence-electron chi connectivity index (χ0n) is 16.6. The first-order valence-corrected chi connectivity index (χ1v) is 10.6. The number of nitrogens with one attached hydrogen (secondary N) is 1.